The zero-order valence-corrected chi connectivity index (χ0v) is 17.4. The average Bonchev–Trinajstić information content (AvgIpc) is 3.10. The van der Waals surface area contributed by atoms with Crippen LogP contribution in [0.5, 0.6) is 0 Å². The first-order chi connectivity index (χ1) is 13.1. The predicted octanol–water partition coefficient (Wildman–Crippen LogP) is 3.96. The molecular formula is C21H30N4OS. The number of hydrogen-bond acceptors (Lipinski definition) is 5. The Morgan fingerprint density at radius 2 is 2.00 bits per heavy atom. The minimum Gasteiger partial charge on any atom is -0.320 e. The summed E-state index contributed by atoms with van der Waals surface area (Å²) in [5, 5.41) is 6.10. The highest BCUT2D eigenvalue weighted by atomic mass is 32.1. The van der Waals surface area contributed by atoms with Crippen LogP contribution in [0.3, 0.4) is 0 Å². The van der Waals surface area contributed by atoms with Gasteiger partial charge in [0.1, 0.15) is 0 Å². The summed E-state index contributed by atoms with van der Waals surface area (Å²) in [4.78, 5) is 21.2. The molecule has 146 valence electrons. The molecule has 1 saturated heterocycles. The molecule has 1 aromatic heterocycles. The Morgan fingerprint density at radius 1 is 1.30 bits per heavy atom. The van der Waals surface area contributed by atoms with Crippen LogP contribution in [0.15, 0.2) is 29.6 Å². The molecule has 0 saturated carbocycles. The number of piperidine rings is 1. The van der Waals surface area contributed by atoms with Gasteiger partial charge in [-0.15, -0.1) is 11.3 Å². The van der Waals surface area contributed by atoms with Gasteiger partial charge in [0, 0.05) is 18.8 Å². The van der Waals surface area contributed by atoms with Gasteiger partial charge in [-0.25, -0.2) is 4.98 Å². The van der Waals surface area contributed by atoms with E-state index in [0.29, 0.717) is 0 Å². The minimum atomic E-state index is -0.00917. The van der Waals surface area contributed by atoms with Crippen molar-refractivity contribution in [3.05, 3.63) is 40.9 Å². The number of carbonyl (C=O) groups excluding carboxylic acids is 1. The molecule has 27 heavy (non-hydrogen) atoms. The van der Waals surface area contributed by atoms with Crippen LogP contribution in [0.1, 0.15) is 37.4 Å². The van der Waals surface area contributed by atoms with Gasteiger partial charge in [0.05, 0.1) is 11.4 Å². The van der Waals surface area contributed by atoms with E-state index in [2.05, 4.69) is 15.6 Å². The molecule has 0 spiro atoms. The van der Waals surface area contributed by atoms with E-state index in [-0.39, 0.29) is 5.91 Å². The van der Waals surface area contributed by atoms with E-state index in [0.717, 1.165) is 48.6 Å². The third-order valence-corrected chi connectivity index (χ3v) is 6.11. The molecular weight excluding hydrogens is 356 g/mol. The summed E-state index contributed by atoms with van der Waals surface area (Å²) >= 11 is 1.54. The summed E-state index contributed by atoms with van der Waals surface area (Å²) in [6, 6.07) is 8.01. The third-order valence-electron chi connectivity index (χ3n) is 5.23. The summed E-state index contributed by atoms with van der Waals surface area (Å²) in [5.41, 5.74) is 3.11. The van der Waals surface area contributed by atoms with Crippen molar-refractivity contribution in [2.24, 2.45) is 5.92 Å². The number of thiazole rings is 1. The molecule has 1 N–H and O–H groups in total. The Labute approximate surface area is 166 Å². The van der Waals surface area contributed by atoms with E-state index in [4.69, 9.17) is 4.98 Å². The fraction of sp³-hybridized carbons (Fsp3) is 0.524. The Morgan fingerprint density at radius 3 is 2.63 bits per heavy atom. The number of benzene rings is 1. The molecule has 0 radical (unpaired) electrons. The van der Waals surface area contributed by atoms with Gasteiger partial charge < -0.3 is 5.32 Å². The molecule has 1 aromatic carbocycles. The molecule has 0 bridgehead atoms. The van der Waals surface area contributed by atoms with Gasteiger partial charge in [-0.2, -0.15) is 0 Å². The van der Waals surface area contributed by atoms with Crippen molar-refractivity contribution in [2.75, 3.05) is 31.6 Å². The first kappa shape index (κ1) is 20.0. The summed E-state index contributed by atoms with van der Waals surface area (Å²) < 4.78 is 0. The monoisotopic (exact) mass is 386 g/mol. The fourth-order valence-electron chi connectivity index (χ4n) is 3.60. The maximum absolute atomic E-state index is 12.2. The second-order valence-corrected chi connectivity index (χ2v) is 8.26. The van der Waals surface area contributed by atoms with Crippen LogP contribution < -0.4 is 10.2 Å². The van der Waals surface area contributed by atoms with E-state index in [1.165, 1.54) is 24.8 Å². The molecule has 2 heterocycles. The van der Waals surface area contributed by atoms with E-state index in [1.807, 2.05) is 38.2 Å². The highest BCUT2D eigenvalue weighted by molar-refractivity contribution is 7.14. The number of aromatic nitrogens is 1. The van der Waals surface area contributed by atoms with Crippen molar-refractivity contribution in [2.45, 2.75) is 39.7 Å². The maximum Gasteiger partial charge on any atom is 0.230 e. The lowest BCUT2D eigenvalue weighted by Crippen LogP contribution is -2.34. The maximum atomic E-state index is 12.2. The van der Waals surface area contributed by atoms with E-state index in [1.54, 1.807) is 23.2 Å². The van der Waals surface area contributed by atoms with Crippen LogP contribution >= 0.6 is 11.3 Å². The highest BCUT2D eigenvalue weighted by Crippen LogP contribution is 2.30. The lowest BCUT2D eigenvalue weighted by Gasteiger charge is -2.31. The van der Waals surface area contributed by atoms with Crippen molar-refractivity contribution >= 4 is 28.1 Å². The Kier molecular flexibility index (Phi) is 6.99. The quantitative estimate of drug-likeness (QED) is 0.783. The number of aryl methyl sites for hydroxylation is 1. The van der Waals surface area contributed by atoms with Crippen LogP contribution in [-0.4, -0.2) is 42.5 Å². The van der Waals surface area contributed by atoms with E-state index in [9.17, 15) is 4.79 Å². The molecule has 1 amide bonds. The Balaban J connectivity index is 1.62. The molecule has 6 heteroatoms. The van der Waals surface area contributed by atoms with Crippen molar-refractivity contribution < 1.29 is 4.79 Å². The lowest BCUT2D eigenvalue weighted by molar-refractivity contribution is -0.115. The first-order valence-corrected chi connectivity index (χ1v) is 10.6. The van der Waals surface area contributed by atoms with Gasteiger partial charge in [-0.1, -0.05) is 17.7 Å². The topological polar surface area (TPSA) is 48.5 Å². The predicted molar refractivity (Wildman–Crippen MR) is 113 cm³/mol. The number of hydrogen-bond donors (Lipinski definition) is 1. The van der Waals surface area contributed by atoms with Gasteiger partial charge in [0.15, 0.2) is 5.13 Å². The van der Waals surface area contributed by atoms with Gasteiger partial charge in [-0.3, -0.25) is 14.6 Å². The Bertz CT molecular complexity index is 735. The van der Waals surface area contributed by atoms with Gasteiger partial charge in [0.25, 0.3) is 0 Å². The normalized spacial score (nSPS) is 15.8. The number of anilines is 2. The molecule has 0 unspecified atom stereocenters. The van der Waals surface area contributed by atoms with Crippen molar-refractivity contribution in [1.82, 2.24) is 15.2 Å². The number of carbonyl (C=O) groups is 1. The zero-order valence-electron chi connectivity index (χ0n) is 16.6. The molecule has 0 atom stereocenters. The molecule has 1 fully saturated rings. The standard InChI is InChI=1S/C21H30N4OS/c1-16-4-6-20(7-5-16)25(17(2)26)21-23-19(15-27-21)14-24-12-9-18(10-13-24)8-11-22-3/h4-7,15,18,22H,8-14H2,1-3H3. The average molecular weight is 387 g/mol. The molecule has 1 aliphatic heterocycles. The van der Waals surface area contributed by atoms with Gasteiger partial charge in [-0.05, 0) is 70.9 Å². The largest absolute Gasteiger partial charge is 0.320 e. The van der Waals surface area contributed by atoms with Crippen molar-refractivity contribution in [3.8, 4) is 0 Å². The Hall–Kier alpha value is -1.76. The van der Waals surface area contributed by atoms with Gasteiger partial charge in [0.2, 0.25) is 5.91 Å². The molecule has 2 aromatic rings. The van der Waals surface area contributed by atoms with Crippen molar-refractivity contribution in [3.63, 3.8) is 0 Å². The van der Waals surface area contributed by atoms with Crippen LogP contribution in [0.2, 0.25) is 0 Å². The van der Waals surface area contributed by atoms with Crippen molar-refractivity contribution in [1.29, 1.82) is 0 Å². The molecule has 3 rings (SSSR count). The number of nitrogens with zero attached hydrogens (tertiary/aromatic N) is 3. The highest BCUT2D eigenvalue weighted by Gasteiger charge is 2.21. The van der Waals surface area contributed by atoms with E-state index < -0.39 is 0 Å². The summed E-state index contributed by atoms with van der Waals surface area (Å²) in [7, 11) is 2.02. The third kappa shape index (κ3) is 5.37. The first-order valence-electron chi connectivity index (χ1n) is 9.75. The number of amides is 1. The minimum absolute atomic E-state index is 0.00917. The number of likely N-dealkylation sites (tertiary alicyclic amines) is 1. The van der Waals surface area contributed by atoms with Gasteiger partial charge >= 0.3 is 0 Å². The molecule has 5 nitrogen and oxygen atoms in total. The second-order valence-electron chi connectivity index (χ2n) is 7.42. The van der Waals surface area contributed by atoms with Crippen LogP contribution in [0.25, 0.3) is 0 Å². The SMILES string of the molecule is CNCCC1CCN(Cc2csc(N(C(C)=O)c3ccc(C)cc3)n2)CC1. The number of nitrogens with one attached hydrogen (secondary N) is 1. The number of rotatable bonds is 7. The lowest BCUT2D eigenvalue weighted by atomic mass is 9.93. The fourth-order valence-corrected chi connectivity index (χ4v) is 4.48. The van der Waals surface area contributed by atoms with Crippen LogP contribution in [-0.2, 0) is 11.3 Å². The summed E-state index contributed by atoms with van der Waals surface area (Å²) in [6.07, 6.45) is 3.80. The molecule has 1 aliphatic rings. The zero-order chi connectivity index (χ0) is 19.2. The second kappa shape index (κ2) is 9.44. The van der Waals surface area contributed by atoms with Crippen LogP contribution in [0.4, 0.5) is 10.8 Å². The smallest absolute Gasteiger partial charge is 0.230 e. The summed E-state index contributed by atoms with van der Waals surface area (Å²) in [6.45, 7) is 7.89. The summed E-state index contributed by atoms with van der Waals surface area (Å²) in [5.74, 6) is 0.833. The van der Waals surface area contributed by atoms with E-state index >= 15 is 0 Å². The van der Waals surface area contributed by atoms with Crippen LogP contribution in [0, 0.1) is 12.8 Å². The molecule has 0 aliphatic carbocycles.